The summed E-state index contributed by atoms with van der Waals surface area (Å²) in [5, 5.41) is 3.21. The second-order valence-electron chi connectivity index (χ2n) is 7.48. The molecule has 1 aromatic rings. The molecular weight excluding hydrogens is 272 g/mol. The molecule has 5 atom stereocenters. The second kappa shape index (κ2) is 6.04. The van der Waals surface area contributed by atoms with Crippen molar-refractivity contribution in [3.63, 3.8) is 0 Å². The van der Waals surface area contributed by atoms with Crippen molar-refractivity contribution in [2.75, 3.05) is 0 Å². The Morgan fingerprint density at radius 3 is 2.68 bits per heavy atom. The smallest absolute Gasteiger partial charge is 0.225 e. The number of amides is 1. The van der Waals surface area contributed by atoms with Crippen LogP contribution in [0.1, 0.15) is 42.9 Å². The van der Waals surface area contributed by atoms with Crippen molar-refractivity contribution in [1.82, 2.24) is 5.32 Å². The van der Waals surface area contributed by atoms with Gasteiger partial charge >= 0.3 is 0 Å². The van der Waals surface area contributed by atoms with Gasteiger partial charge in [-0.1, -0.05) is 23.8 Å². The first kappa shape index (κ1) is 15.5. The van der Waals surface area contributed by atoms with Gasteiger partial charge in [-0.3, -0.25) is 4.79 Å². The second-order valence-corrected chi connectivity index (χ2v) is 7.48. The number of nitrogens with two attached hydrogens (primary N) is 1. The zero-order valence-electron chi connectivity index (χ0n) is 13.9. The van der Waals surface area contributed by atoms with Crippen LogP contribution in [0.15, 0.2) is 18.2 Å². The van der Waals surface area contributed by atoms with Crippen molar-refractivity contribution in [3.8, 4) is 0 Å². The number of nitrogens with one attached hydrogen (secondary N) is 1. The summed E-state index contributed by atoms with van der Waals surface area (Å²) < 4.78 is 0. The van der Waals surface area contributed by atoms with Crippen LogP contribution >= 0.6 is 0 Å². The third-order valence-electron chi connectivity index (χ3n) is 5.70. The molecule has 120 valence electrons. The van der Waals surface area contributed by atoms with E-state index < -0.39 is 0 Å². The number of hydrogen-bond donors (Lipinski definition) is 2. The minimum Gasteiger partial charge on any atom is -0.353 e. The van der Waals surface area contributed by atoms with Crippen LogP contribution in [0.2, 0.25) is 0 Å². The maximum atomic E-state index is 12.6. The summed E-state index contributed by atoms with van der Waals surface area (Å²) in [7, 11) is 0. The molecule has 3 rings (SSSR count). The quantitative estimate of drug-likeness (QED) is 0.898. The lowest BCUT2D eigenvalue weighted by Crippen LogP contribution is -2.47. The van der Waals surface area contributed by atoms with Crippen molar-refractivity contribution in [2.24, 2.45) is 23.5 Å². The fourth-order valence-electron chi connectivity index (χ4n) is 4.52. The molecule has 2 bridgehead atoms. The van der Waals surface area contributed by atoms with E-state index in [2.05, 4.69) is 44.3 Å². The van der Waals surface area contributed by atoms with E-state index in [1.54, 1.807) is 0 Å². The summed E-state index contributed by atoms with van der Waals surface area (Å²) in [4.78, 5) is 12.6. The molecule has 2 saturated carbocycles. The maximum absolute atomic E-state index is 12.6. The lowest BCUT2D eigenvalue weighted by Gasteiger charge is -2.28. The molecule has 1 aromatic carbocycles. The molecule has 0 aliphatic heterocycles. The van der Waals surface area contributed by atoms with Crippen LogP contribution < -0.4 is 11.1 Å². The highest BCUT2D eigenvalue weighted by Crippen LogP contribution is 2.47. The Kier molecular flexibility index (Phi) is 4.26. The van der Waals surface area contributed by atoms with Crippen LogP contribution in [0.4, 0.5) is 0 Å². The number of carbonyl (C=O) groups excluding carboxylic acids is 1. The summed E-state index contributed by atoms with van der Waals surface area (Å²) in [6.07, 6.45) is 4.44. The molecule has 0 aromatic heterocycles. The topological polar surface area (TPSA) is 55.1 Å². The van der Waals surface area contributed by atoms with E-state index >= 15 is 0 Å². The summed E-state index contributed by atoms with van der Waals surface area (Å²) in [6.45, 7) is 6.34. The van der Waals surface area contributed by atoms with Crippen molar-refractivity contribution < 1.29 is 4.79 Å². The lowest BCUT2D eigenvalue weighted by molar-refractivity contribution is -0.127. The van der Waals surface area contributed by atoms with Gasteiger partial charge in [0.2, 0.25) is 5.91 Å². The Morgan fingerprint density at radius 2 is 2.05 bits per heavy atom. The highest BCUT2D eigenvalue weighted by atomic mass is 16.2. The summed E-state index contributed by atoms with van der Waals surface area (Å²) >= 11 is 0. The van der Waals surface area contributed by atoms with E-state index in [1.807, 2.05) is 0 Å². The van der Waals surface area contributed by atoms with Gasteiger partial charge in [0.05, 0.1) is 5.92 Å². The van der Waals surface area contributed by atoms with Crippen LogP contribution in [0.25, 0.3) is 0 Å². The molecule has 0 saturated heterocycles. The number of rotatable bonds is 4. The van der Waals surface area contributed by atoms with Crippen LogP contribution in [0.3, 0.4) is 0 Å². The molecule has 2 fully saturated rings. The van der Waals surface area contributed by atoms with Crippen LogP contribution in [0.5, 0.6) is 0 Å². The van der Waals surface area contributed by atoms with Gasteiger partial charge in [0.15, 0.2) is 0 Å². The molecule has 3 nitrogen and oxygen atoms in total. The minimum atomic E-state index is 0.0420. The number of fused-ring (bicyclic) bond motifs is 2. The Morgan fingerprint density at radius 1 is 1.32 bits per heavy atom. The molecule has 1 amide bonds. The Bertz CT molecular complexity index is 567. The highest BCUT2D eigenvalue weighted by molar-refractivity contribution is 5.80. The third-order valence-corrected chi connectivity index (χ3v) is 5.70. The van der Waals surface area contributed by atoms with Gasteiger partial charge in [-0.2, -0.15) is 0 Å². The lowest BCUT2D eigenvalue weighted by atomic mass is 9.84. The molecule has 0 spiro atoms. The summed E-state index contributed by atoms with van der Waals surface area (Å²) in [6, 6.07) is 6.75. The maximum Gasteiger partial charge on any atom is 0.225 e. The molecule has 3 N–H and O–H groups in total. The van der Waals surface area contributed by atoms with Gasteiger partial charge < -0.3 is 11.1 Å². The van der Waals surface area contributed by atoms with Crippen LogP contribution in [-0.2, 0) is 11.2 Å². The monoisotopic (exact) mass is 300 g/mol. The molecule has 0 radical (unpaired) electrons. The zero-order valence-corrected chi connectivity index (χ0v) is 13.9. The van der Waals surface area contributed by atoms with Gasteiger partial charge in [-0.15, -0.1) is 0 Å². The Balaban J connectivity index is 1.59. The summed E-state index contributed by atoms with van der Waals surface area (Å²) in [5.74, 6) is 1.32. The van der Waals surface area contributed by atoms with E-state index in [0.717, 1.165) is 12.8 Å². The molecule has 22 heavy (non-hydrogen) atoms. The van der Waals surface area contributed by atoms with Gasteiger partial charge in [-0.25, -0.2) is 0 Å². The van der Waals surface area contributed by atoms with Gasteiger partial charge in [0.1, 0.15) is 0 Å². The molecule has 2 aliphatic rings. The fraction of sp³-hybridized carbons (Fsp3) is 0.632. The van der Waals surface area contributed by atoms with Gasteiger partial charge in [0, 0.05) is 12.1 Å². The van der Waals surface area contributed by atoms with Gasteiger partial charge in [-0.05, 0) is 69.4 Å². The minimum absolute atomic E-state index is 0.0420. The average Bonchev–Trinajstić information content (AvgIpc) is 3.02. The molecule has 3 heteroatoms. The van der Waals surface area contributed by atoms with Gasteiger partial charge in [0.25, 0.3) is 0 Å². The van der Waals surface area contributed by atoms with Crippen LogP contribution in [-0.4, -0.2) is 18.0 Å². The summed E-state index contributed by atoms with van der Waals surface area (Å²) in [5.41, 5.74) is 10.2. The number of carbonyl (C=O) groups is 1. The predicted molar refractivity (Wildman–Crippen MR) is 89.5 cm³/mol. The van der Waals surface area contributed by atoms with E-state index in [9.17, 15) is 4.79 Å². The van der Waals surface area contributed by atoms with E-state index in [0.29, 0.717) is 11.8 Å². The first-order chi connectivity index (χ1) is 10.5. The first-order valence-corrected chi connectivity index (χ1v) is 8.57. The average molecular weight is 300 g/mol. The SMILES string of the molecule is Cc1ccc(CC(C)NC(=O)C2C3CCC(C3)C2N)c(C)c1. The standard InChI is InChI=1S/C19H28N2O/c1-11-4-5-14(12(2)8-11)9-13(3)21-19(22)17-15-6-7-16(10-15)18(17)20/h4-5,8,13,15-18H,6-7,9-10,20H2,1-3H3,(H,21,22). The largest absolute Gasteiger partial charge is 0.353 e. The number of aryl methyl sites for hydroxylation is 2. The Labute approximate surface area is 133 Å². The van der Waals surface area contributed by atoms with Crippen molar-refractivity contribution in [1.29, 1.82) is 0 Å². The van der Waals surface area contributed by atoms with E-state index in [1.165, 1.54) is 29.5 Å². The number of benzene rings is 1. The molecular formula is C19H28N2O. The van der Waals surface area contributed by atoms with Crippen molar-refractivity contribution in [2.45, 2.75) is 58.5 Å². The number of hydrogen-bond acceptors (Lipinski definition) is 2. The normalized spacial score (nSPS) is 31.3. The first-order valence-electron chi connectivity index (χ1n) is 8.57. The molecule has 5 unspecified atom stereocenters. The van der Waals surface area contributed by atoms with E-state index in [4.69, 9.17) is 5.73 Å². The molecule has 0 heterocycles. The van der Waals surface area contributed by atoms with E-state index in [-0.39, 0.29) is 23.9 Å². The zero-order chi connectivity index (χ0) is 15.9. The van der Waals surface area contributed by atoms with Crippen molar-refractivity contribution in [3.05, 3.63) is 34.9 Å². The highest BCUT2D eigenvalue weighted by Gasteiger charge is 2.49. The third kappa shape index (κ3) is 2.91. The van der Waals surface area contributed by atoms with Crippen molar-refractivity contribution >= 4 is 5.91 Å². The van der Waals surface area contributed by atoms with Crippen LogP contribution in [0, 0.1) is 31.6 Å². The molecule has 2 aliphatic carbocycles. The predicted octanol–water partition coefficient (Wildman–Crippen LogP) is 2.72. The fourth-order valence-corrected chi connectivity index (χ4v) is 4.52. The Hall–Kier alpha value is -1.35.